The molecule has 2 aromatic rings. The zero-order chi connectivity index (χ0) is 9.80. The third-order valence-corrected chi connectivity index (χ3v) is 1.72. The van der Waals surface area contributed by atoms with Crippen LogP contribution in [0.15, 0.2) is 52.8 Å². The number of hydrogen-bond acceptors (Lipinski definition) is 3. The van der Waals surface area contributed by atoms with Gasteiger partial charge in [0.1, 0.15) is 0 Å². The Morgan fingerprint density at radius 1 is 1.07 bits per heavy atom. The highest BCUT2D eigenvalue weighted by molar-refractivity contribution is 5.36. The summed E-state index contributed by atoms with van der Waals surface area (Å²) in [6.07, 6.45) is 1.83. The van der Waals surface area contributed by atoms with Gasteiger partial charge in [-0.25, -0.2) is 0 Å². The quantitative estimate of drug-likeness (QED) is 0.665. The van der Waals surface area contributed by atoms with E-state index in [0.717, 1.165) is 5.69 Å². The molecule has 14 heavy (non-hydrogen) atoms. The van der Waals surface area contributed by atoms with Crippen LogP contribution < -0.4 is 0 Å². The van der Waals surface area contributed by atoms with Crippen molar-refractivity contribution in [3.05, 3.63) is 42.6 Å². The van der Waals surface area contributed by atoms with Gasteiger partial charge in [0.2, 0.25) is 0 Å². The third-order valence-electron chi connectivity index (χ3n) is 1.72. The Balaban J connectivity index is 2.15. The monoisotopic (exact) mass is 186 g/mol. The summed E-state index contributed by atoms with van der Waals surface area (Å²) in [5, 5.41) is 12.1. The Morgan fingerprint density at radius 3 is 2.50 bits per heavy atom. The Labute approximate surface area is 81.9 Å². The molecule has 0 saturated carbocycles. The molecule has 0 aliphatic carbocycles. The van der Waals surface area contributed by atoms with Gasteiger partial charge in [-0.3, -0.25) is 4.68 Å². The van der Waals surface area contributed by atoms with Crippen molar-refractivity contribution in [2.45, 2.75) is 0 Å². The second-order valence-electron chi connectivity index (χ2n) is 2.88. The average molecular weight is 186 g/mol. The molecule has 0 atom stereocenters. The van der Waals surface area contributed by atoms with Gasteiger partial charge in [-0.2, -0.15) is 5.10 Å². The molecule has 1 aromatic heterocycles. The number of azo groups is 1. The van der Waals surface area contributed by atoms with Crippen molar-refractivity contribution in [3.8, 4) is 0 Å². The van der Waals surface area contributed by atoms with Gasteiger partial charge in [0, 0.05) is 19.3 Å². The molecule has 0 unspecified atom stereocenters. The summed E-state index contributed by atoms with van der Waals surface area (Å²) in [6.45, 7) is 0. The van der Waals surface area contributed by atoms with Crippen LogP contribution in [0.2, 0.25) is 0 Å². The first-order chi connectivity index (χ1) is 6.84. The number of nitrogens with zero attached hydrogens (tertiary/aromatic N) is 4. The van der Waals surface area contributed by atoms with Crippen LogP contribution >= 0.6 is 0 Å². The maximum atomic E-state index is 4.08. The summed E-state index contributed by atoms with van der Waals surface area (Å²) in [6, 6.07) is 11.4. The maximum absolute atomic E-state index is 4.08. The topological polar surface area (TPSA) is 42.5 Å². The highest BCUT2D eigenvalue weighted by Gasteiger charge is 1.92. The lowest BCUT2D eigenvalue weighted by atomic mass is 10.3. The highest BCUT2D eigenvalue weighted by Crippen LogP contribution is 2.14. The number of aromatic nitrogens is 2. The van der Waals surface area contributed by atoms with Crippen LogP contribution in [0.3, 0.4) is 0 Å². The molecule has 2 rings (SSSR count). The van der Waals surface area contributed by atoms with Gasteiger partial charge < -0.3 is 0 Å². The van der Waals surface area contributed by atoms with E-state index in [-0.39, 0.29) is 0 Å². The number of rotatable bonds is 2. The summed E-state index contributed by atoms with van der Waals surface area (Å²) < 4.78 is 1.69. The lowest BCUT2D eigenvalue weighted by Crippen LogP contribution is -1.84. The molecule has 0 amide bonds. The van der Waals surface area contributed by atoms with Crippen molar-refractivity contribution in [2.24, 2.45) is 17.3 Å². The first-order valence-corrected chi connectivity index (χ1v) is 4.31. The normalized spacial score (nSPS) is 10.9. The van der Waals surface area contributed by atoms with Crippen molar-refractivity contribution < 1.29 is 0 Å². The van der Waals surface area contributed by atoms with Crippen molar-refractivity contribution in [3.63, 3.8) is 0 Å². The zero-order valence-corrected chi connectivity index (χ0v) is 7.83. The smallest absolute Gasteiger partial charge is 0.195 e. The van der Waals surface area contributed by atoms with E-state index in [0.29, 0.717) is 5.82 Å². The molecule has 0 aliphatic rings. The van der Waals surface area contributed by atoms with Crippen molar-refractivity contribution in [1.29, 1.82) is 0 Å². The van der Waals surface area contributed by atoms with Gasteiger partial charge in [-0.1, -0.05) is 18.2 Å². The number of hydrogen-bond donors (Lipinski definition) is 0. The van der Waals surface area contributed by atoms with Crippen molar-refractivity contribution in [1.82, 2.24) is 9.78 Å². The summed E-state index contributed by atoms with van der Waals surface area (Å²) >= 11 is 0. The van der Waals surface area contributed by atoms with Crippen LogP contribution in [0.4, 0.5) is 11.5 Å². The van der Waals surface area contributed by atoms with Crippen LogP contribution in [0.1, 0.15) is 0 Å². The van der Waals surface area contributed by atoms with E-state index in [1.807, 2.05) is 49.6 Å². The minimum atomic E-state index is 0.622. The molecule has 70 valence electrons. The second-order valence-corrected chi connectivity index (χ2v) is 2.88. The first kappa shape index (κ1) is 8.62. The Morgan fingerprint density at radius 2 is 1.86 bits per heavy atom. The first-order valence-electron chi connectivity index (χ1n) is 4.31. The zero-order valence-electron chi connectivity index (χ0n) is 7.83. The fourth-order valence-electron chi connectivity index (χ4n) is 1.06. The lowest BCUT2D eigenvalue weighted by Gasteiger charge is -1.88. The van der Waals surface area contributed by atoms with E-state index in [9.17, 15) is 0 Å². The van der Waals surface area contributed by atoms with Crippen LogP contribution in [0, 0.1) is 0 Å². The van der Waals surface area contributed by atoms with Crippen LogP contribution in [-0.4, -0.2) is 9.78 Å². The van der Waals surface area contributed by atoms with Crippen LogP contribution in [-0.2, 0) is 7.05 Å². The van der Waals surface area contributed by atoms with Crippen molar-refractivity contribution in [2.75, 3.05) is 0 Å². The van der Waals surface area contributed by atoms with Gasteiger partial charge in [0.05, 0.1) is 5.69 Å². The summed E-state index contributed by atoms with van der Waals surface area (Å²) in [7, 11) is 1.85. The number of aryl methyl sites for hydroxylation is 1. The molecule has 0 spiro atoms. The Hall–Kier alpha value is -1.97. The molecular formula is C10H10N4. The van der Waals surface area contributed by atoms with Gasteiger partial charge in [0.25, 0.3) is 0 Å². The van der Waals surface area contributed by atoms with E-state index in [1.165, 1.54) is 0 Å². The largest absolute Gasteiger partial charge is 0.274 e. The predicted octanol–water partition coefficient (Wildman–Crippen LogP) is 2.84. The Kier molecular flexibility index (Phi) is 2.36. The predicted molar refractivity (Wildman–Crippen MR) is 53.8 cm³/mol. The molecule has 0 bridgehead atoms. The van der Waals surface area contributed by atoms with E-state index < -0.39 is 0 Å². The highest BCUT2D eigenvalue weighted by atomic mass is 15.3. The standard InChI is InChI=1S/C10H10N4/c1-14-8-7-10(13-14)12-11-9-5-3-2-4-6-9/h2-8H,1H3. The molecule has 0 N–H and O–H groups in total. The second kappa shape index (κ2) is 3.83. The molecule has 4 heteroatoms. The van der Waals surface area contributed by atoms with Crippen LogP contribution in [0.25, 0.3) is 0 Å². The average Bonchev–Trinajstić information content (AvgIpc) is 2.63. The van der Waals surface area contributed by atoms with E-state index in [4.69, 9.17) is 0 Å². The molecule has 0 aliphatic heterocycles. The summed E-state index contributed by atoms with van der Waals surface area (Å²) in [5.41, 5.74) is 0.832. The fourth-order valence-corrected chi connectivity index (χ4v) is 1.06. The molecule has 0 radical (unpaired) electrons. The van der Waals surface area contributed by atoms with Gasteiger partial charge in [-0.05, 0) is 12.1 Å². The van der Waals surface area contributed by atoms with E-state index in [2.05, 4.69) is 15.3 Å². The molecule has 1 aromatic carbocycles. The molecule has 0 saturated heterocycles. The summed E-state index contributed by atoms with van der Waals surface area (Å²) in [4.78, 5) is 0. The SMILES string of the molecule is Cn1ccc(N=Nc2ccccc2)n1. The minimum absolute atomic E-state index is 0.622. The molecule has 0 fully saturated rings. The fraction of sp³-hybridized carbons (Fsp3) is 0.100. The molecule has 4 nitrogen and oxygen atoms in total. The van der Waals surface area contributed by atoms with Gasteiger partial charge >= 0.3 is 0 Å². The van der Waals surface area contributed by atoms with Crippen LogP contribution in [0.5, 0.6) is 0 Å². The molecule has 1 heterocycles. The Bertz CT molecular complexity index is 430. The van der Waals surface area contributed by atoms with Crippen molar-refractivity contribution >= 4 is 11.5 Å². The van der Waals surface area contributed by atoms with Gasteiger partial charge in [0.15, 0.2) is 5.82 Å². The number of benzene rings is 1. The maximum Gasteiger partial charge on any atom is 0.195 e. The molecular weight excluding hydrogens is 176 g/mol. The third kappa shape index (κ3) is 2.04. The minimum Gasteiger partial charge on any atom is -0.274 e. The van der Waals surface area contributed by atoms with E-state index in [1.54, 1.807) is 4.68 Å². The lowest BCUT2D eigenvalue weighted by molar-refractivity contribution is 0.766. The van der Waals surface area contributed by atoms with E-state index >= 15 is 0 Å². The van der Waals surface area contributed by atoms with Gasteiger partial charge in [-0.15, -0.1) is 10.2 Å². The summed E-state index contributed by atoms with van der Waals surface area (Å²) in [5.74, 6) is 0.622.